The minimum absolute atomic E-state index is 0.253. The minimum Gasteiger partial charge on any atom is -0.497 e. The number of methoxy groups -OCH3 is 2. The molecule has 1 aliphatic heterocycles. The van der Waals surface area contributed by atoms with E-state index in [1.165, 1.54) is 4.57 Å². The first kappa shape index (κ1) is 22.8. The SMILES string of the molecule is COc1ccc2c(c1)-c1cc(OC)ccc1C2c1cn([C@H]2O[C@@H](CO)C(O)C2O)c(=O)[nH]c1=S. The molecule has 0 spiro atoms. The lowest BCUT2D eigenvalue weighted by atomic mass is 9.91. The molecule has 178 valence electrons. The van der Waals surface area contributed by atoms with Crippen molar-refractivity contribution in [2.45, 2.75) is 30.5 Å². The molecule has 9 nitrogen and oxygen atoms in total. The van der Waals surface area contributed by atoms with Crippen LogP contribution in [0.3, 0.4) is 0 Å². The number of fused-ring (bicyclic) bond motifs is 3. The first-order valence-corrected chi connectivity index (χ1v) is 11.1. The van der Waals surface area contributed by atoms with Crippen LogP contribution in [0.5, 0.6) is 11.5 Å². The van der Waals surface area contributed by atoms with Gasteiger partial charge < -0.3 is 29.5 Å². The first-order valence-electron chi connectivity index (χ1n) is 10.7. The normalized spacial score (nSPS) is 23.6. The number of hydrogen-bond acceptors (Lipinski definition) is 8. The van der Waals surface area contributed by atoms with Crippen LogP contribution >= 0.6 is 12.2 Å². The number of ether oxygens (including phenoxy) is 3. The number of hydrogen-bond donors (Lipinski definition) is 4. The monoisotopic (exact) mass is 484 g/mol. The Morgan fingerprint density at radius 2 is 1.59 bits per heavy atom. The molecule has 2 aromatic carbocycles. The van der Waals surface area contributed by atoms with Crippen molar-refractivity contribution in [3.63, 3.8) is 0 Å². The highest BCUT2D eigenvalue weighted by Gasteiger charge is 2.44. The third-order valence-corrected chi connectivity index (χ3v) is 6.87. The highest BCUT2D eigenvalue weighted by molar-refractivity contribution is 7.71. The van der Waals surface area contributed by atoms with Crippen LogP contribution in [0.2, 0.25) is 0 Å². The number of benzene rings is 2. The molecule has 1 aromatic heterocycles. The van der Waals surface area contributed by atoms with Crippen molar-refractivity contribution in [2.24, 2.45) is 0 Å². The molecule has 4 atom stereocenters. The Labute approximate surface area is 199 Å². The second-order valence-corrected chi connectivity index (χ2v) is 8.73. The van der Waals surface area contributed by atoms with E-state index in [-0.39, 0.29) is 10.6 Å². The molecule has 0 bridgehead atoms. The van der Waals surface area contributed by atoms with Gasteiger partial charge in [-0.25, -0.2) is 4.79 Å². The molecule has 2 aliphatic rings. The van der Waals surface area contributed by atoms with Crippen molar-refractivity contribution >= 4 is 12.2 Å². The van der Waals surface area contributed by atoms with E-state index in [2.05, 4.69) is 4.98 Å². The van der Waals surface area contributed by atoms with Gasteiger partial charge in [-0.05, 0) is 46.5 Å². The van der Waals surface area contributed by atoms with Gasteiger partial charge in [0.05, 0.1) is 20.8 Å². The number of aromatic nitrogens is 2. The van der Waals surface area contributed by atoms with Crippen LogP contribution < -0.4 is 15.2 Å². The number of aliphatic hydroxyl groups is 3. The maximum absolute atomic E-state index is 12.8. The van der Waals surface area contributed by atoms with Gasteiger partial charge in [-0.3, -0.25) is 9.55 Å². The van der Waals surface area contributed by atoms with Crippen molar-refractivity contribution in [2.75, 3.05) is 20.8 Å². The molecular weight excluding hydrogens is 460 g/mol. The molecule has 1 aliphatic carbocycles. The van der Waals surface area contributed by atoms with E-state index >= 15 is 0 Å². The second kappa shape index (κ2) is 8.64. The fourth-order valence-corrected chi connectivity index (χ4v) is 5.06. The lowest BCUT2D eigenvalue weighted by Gasteiger charge is -2.21. The largest absolute Gasteiger partial charge is 0.497 e. The second-order valence-electron chi connectivity index (χ2n) is 8.32. The zero-order valence-corrected chi connectivity index (χ0v) is 19.3. The summed E-state index contributed by atoms with van der Waals surface area (Å²) < 4.78 is 17.9. The Hall–Kier alpha value is -3.02. The van der Waals surface area contributed by atoms with Crippen molar-refractivity contribution in [1.29, 1.82) is 0 Å². The summed E-state index contributed by atoms with van der Waals surface area (Å²) in [6, 6.07) is 11.5. The van der Waals surface area contributed by atoms with Gasteiger partial charge in [0.15, 0.2) is 6.23 Å². The minimum atomic E-state index is -1.40. The number of nitrogens with zero attached hydrogens (tertiary/aromatic N) is 1. The summed E-state index contributed by atoms with van der Waals surface area (Å²) >= 11 is 5.55. The maximum Gasteiger partial charge on any atom is 0.328 e. The average molecular weight is 485 g/mol. The molecular formula is C24H24N2O7S. The summed E-state index contributed by atoms with van der Waals surface area (Å²) in [5, 5.41) is 30.1. The van der Waals surface area contributed by atoms with Crippen LogP contribution in [-0.4, -0.2) is 64.0 Å². The zero-order valence-electron chi connectivity index (χ0n) is 18.5. The van der Waals surface area contributed by atoms with Crippen LogP contribution in [0.25, 0.3) is 11.1 Å². The summed E-state index contributed by atoms with van der Waals surface area (Å²) in [6.45, 7) is -0.494. The average Bonchev–Trinajstić information content (AvgIpc) is 3.32. The molecule has 1 fully saturated rings. The van der Waals surface area contributed by atoms with Crippen molar-refractivity contribution < 1.29 is 29.5 Å². The Bertz CT molecular complexity index is 1310. The molecule has 2 heterocycles. The third-order valence-electron chi connectivity index (χ3n) is 6.53. The number of nitrogens with one attached hydrogen (secondary N) is 1. The fraction of sp³-hybridized carbons (Fsp3) is 0.333. The summed E-state index contributed by atoms with van der Waals surface area (Å²) in [6.07, 6.45) is -3.37. The van der Waals surface area contributed by atoms with Gasteiger partial charge in [0.2, 0.25) is 0 Å². The van der Waals surface area contributed by atoms with E-state index in [1.807, 2.05) is 36.4 Å². The predicted octanol–water partition coefficient (Wildman–Crippen LogP) is 1.70. The van der Waals surface area contributed by atoms with E-state index < -0.39 is 36.8 Å². The Balaban J connectivity index is 1.69. The topological polar surface area (TPSA) is 126 Å². The molecule has 0 amide bonds. The van der Waals surface area contributed by atoms with Crippen LogP contribution in [0, 0.1) is 4.64 Å². The third kappa shape index (κ3) is 3.46. The van der Waals surface area contributed by atoms with Crippen LogP contribution in [0.4, 0.5) is 0 Å². The van der Waals surface area contributed by atoms with Crippen molar-refractivity contribution in [1.82, 2.24) is 9.55 Å². The highest BCUT2D eigenvalue weighted by Crippen LogP contribution is 2.50. The van der Waals surface area contributed by atoms with Gasteiger partial charge in [0, 0.05) is 17.7 Å². The summed E-state index contributed by atoms with van der Waals surface area (Å²) in [4.78, 5) is 15.4. The predicted molar refractivity (Wildman–Crippen MR) is 125 cm³/mol. The summed E-state index contributed by atoms with van der Waals surface area (Å²) in [7, 11) is 3.21. The van der Waals surface area contributed by atoms with Crippen LogP contribution in [0.15, 0.2) is 47.4 Å². The van der Waals surface area contributed by atoms with Gasteiger partial charge >= 0.3 is 5.69 Å². The quantitative estimate of drug-likeness (QED) is 0.316. The fourth-order valence-electron chi connectivity index (χ4n) is 4.80. The number of H-pyrrole nitrogens is 1. The smallest absolute Gasteiger partial charge is 0.328 e. The summed E-state index contributed by atoms with van der Waals surface area (Å²) in [5.41, 5.74) is 3.88. The number of rotatable bonds is 5. The van der Waals surface area contributed by atoms with E-state index in [0.717, 1.165) is 22.3 Å². The Morgan fingerprint density at radius 3 is 2.09 bits per heavy atom. The summed E-state index contributed by atoms with van der Waals surface area (Å²) in [5.74, 6) is 1.10. The van der Waals surface area contributed by atoms with E-state index in [0.29, 0.717) is 17.1 Å². The van der Waals surface area contributed by atoms with Gasteiger partial charge in [0.25, 0.3) is 0 Å². The number of aliphatic hydroxyl groups excluding tert-OH is 3. The lowest BCUT2D eigenvalue weighted by molar-refractivity contribution is -0.0551. The number of aromatic amines is 1. The van der Waals surface area contributed by atoms with E-state index in [1.54, 1.807) is 20.4 Å². The van der Waals surface area contributed by atoms with E-state index in [9.17, 15) is 20.1 Å². The first-order chi connectivity index (χ1) is 16.4. The Morgan fingerprint density at radius 1 is 1.00 bits per heavy atom. The van der Waals surface area contributed by atoms with Gasteiger partial charge in [-0.2, -0.15) is 0 Å². The van der Waals surface area contributed by atoms with Gasteiger partial charge in [0.1, 0.15) is 34.5 Å². The van der Waals surface area contributed by atoms with Crippen molar-refractivity contribution in [3.8, 4) is 22.6 Å². The lowest BCUT2D eigenvalue weighted by Crippen LogP contribution is -2.36. The molecule has 34 heavy (non-hydrogen) atoms. The van der Waals surface area contributed by atoms with Crippen molar-refractivity contribution in [3.05, 3.63) is 74.4 Å². The molecule has 5 rings (SSSR count). The maximum atomic E-state index is 12.8. The van der Waals surface area contributed by atoms with E-state index in [4.69, 9.17) is 26.4 Å². The van der Waals surface area contributed by atoms with Crippen LogP contribution in [-0.2, 0) is 4.74 Å². The van der Waals surface area contributed by atoms with Gasteiger partial charge in [-0.1, -0.05) is 24.4 Å². The molecule has 2 unspecified atom stereocenters. The van der Waals surface area contributed by atoms with Gasteiger partial charge in [-0.15, -0.1) is 0 Å². The molecule has 3 aromatic rings. The Kier molecular flexibility index (Phi) is 5.78. The molecule has 10 heteroatoms. The zero-order chi connectivity index (χ0) is 24.1. The standard InChI is InChI=1S/C24H24N2O7S/c1-31-11-3-5-13-15(7-11)16-8-12(32-2)4-6-14(16)19(13)17-9-26(24(30)25-22(17)34)23-21(29)20(28)18(10-27)33-23/h3-9,18-21,23,27-29H,10H2,1-2H3,(H,25,30,34)/t18-,20?,21?,23-/m0/s1. The molecule has 4 N–H and O–H groups in total. The highest BCUT2D eigenvalue weighted by atomic mass is 32.1. The molecule has 0 radical (unpaired) electrons. The molecule has 0 saturated carbocycles. The van der Waals surface area contributed by atoms with Crippen LogP contribution in [0.1, 0.15) is 28.8 Å². The molecule has 1 saturated heterocycles.